The normalized spacial score (nSPS) is 10.1. The molecule has 0 radical (unpaired) electrons. The third-order valence-electron chi connectivity index (χ3n) is 2.50. The first-order valence-corrected chi connectivity index (χ1v) is 6.82. The number of carbonyl (C=O) groups is 1. The van der Waals surface area contributed by atoms with Crippen LogP contribution in [-0.4, -0.2) is 17.7 Å². The lowest BCUT2D eigenvalue weighted by Gasteiger charge is -2.05. The van der Waals surface area contributed by atoms with Crippen molar-refractivity contribution in [3.05, 3.63) is 65.7 Å². The second-order valence-electron chi connectivity index (χ2n) is 3.76. The van der Waals surface area contributed by atoms with Crippen LogP contribution in [0.15, 0.2) is 54.6 Å². The molecular weight excluding hydrogens is 292 g/mol. The fourth-order valence-electron chi connectivity index (χ4n) is 1.62. The quantitative estimate of drug-likeness (QED) is 0.622. The lowest BCUT2D eigenvalue weighted by molar-refractivity contribution is 0.103. The maximum absolute atomic E-state index is 12.1. The van der Waals surface area contributed by atoms with Crippen LogP contribution in [0, 0.1) is 0 Å². The highest BCUT2D eigenvalue weighted by Crippen LogP contribution is 2.15. The SMILES string of the molecule is O=C(c1ccccc1)c1ccc(OCCBr)cc1. The van der Waals surface area contributed by atoms with Gasteiger partial charge in [0.05, 0.1) is 6.61 Å². The van der Waals surface area contributed by atoms with Crippen LogP contribution in [0.3, 0.4) is 0 Å². The highest BCUT2D eigenvalue weighted by Gasteiger charge is 2.07. The lowest BCUT2D eigenvalue weighted by Crippen LogP contribution is -2.02. The molecule has 0 aromatic heterocycles. The Morgan fingerprint density at radius 2 is 1.56 bits per heavy atom. The zero-order valence-corrected chi connectivity index (χ0v) is 11.4. The molecule has 0 bridgehead atoms. The minimum atomic E-state index is 0.0302. The van der Waals surface area contributed by atoms with E-state index >= 15 is 0 Å². The Morgan fingerprint density at radius 1 is 0.944 bits per heavy atom. The average molecular weight is 305 g/mol. The standard InChI is InChI=1S/C15H13BrO2/c16-10-11-18-14-8-6-13(7-9-14)15(17)12-4-2-1-3-5-12/h1-9H,10-11H2. The van der Waals surface area contributed by atoms with Gasteiger partial charge >= 0.3 is 0 Å². The number of ether oxygens (including phenoxy) is 1. The minimum Gasteiger partial charge on any atom is -0.493 e. The van der Waals surface area contributed by atoms with Crippen molar-refractivity contribution in [2.75, 3.05) is 11.9 Å². The summed E-state index contributed by atoms with van der Waals surface area (Å²) in [5, 5.41) is 0.789. The van der Waals surface area contributed by atoms with Crippen molar-refractivity contribution in [3.8, 4) is 5.75 Å². The van der Waals surface area contributed by atoms with Crippen molar-refractivity contribution in [2.24, 2.45) is 0 Å². The number of alkyl halides is 1. The Morgan fingerprint density at radius 3 is 2.17 bits per heavy atom. The molecule has 0 aliphatic carbocycles. The van der Waals surface area contributed by atoms with Gasteiger partial charge in [-0.05, 0) is 24.3 Å². The van der Waals surface area contributed by atoms with E-state index in [2.05, 4.69) is 15.9 Å². The molecule has 0 amide bonds. The Labute approximate surface area is 115 Å². The van der Waals surface area contributed by atoms with E-state index in [1.807, 2.05) is 42.5 Å². The number of hydrogen-bond acceptors (Lipinski definition) is 2. The van der Waals surface area contributed by atoms with Crippen molar-refractivity contribution >= 4 is 21.7 Å². The Bertz CT molecular complexity index is 506. The van der Waals surface area contributed by atoms with Gasteiger partial charge in [-0.2, -0.15) is 0 Å². The van der Waals surface area contributed by atoms with Crippen LogP contribution < -0.4 is 4.74 Å². The van der Waals surface area contributed by atoms with Gasteiger partial charge in [-0.15, -0.1) is 0 Å². The number of ketones is 1. The molecule has 0 fully saturated rings. The average Bonchev–Trinajstić information content (AvgIpc) is 2.46. The summed E-state index contributed by atoms with van der Waals surface area (Å²) in [5.41, 5.74) is 1.37. The molecule has 0 aliphatic heterocycles. The zero-order valence-electron chi connectivity index (χ0n) is 9.80. The molecule has 0 N–H and O–H groups in total. The lowest BCUT2D eigenvalue weighted by atomic mass is 10.0. The third-order valence-corrected chi connectivity index (χ3v) is 2.82. The fraction of sp³-hybridized carbons (Fsp3) is 0.133. The highest BCUT2D eigenvalue weighted by molar-refractivity contribution is 9.09. The number of benzene rings is 2. The van der Waals surface area contributed by atoms with Gasteiger partial charge in [0.15, 0.2) is 5.78 Å². The minimum absolute atomic E-state index is 0.0302. The van der Waals surface area contributed by atoms with Crippen LogP contribution >= 0.6 is 15.9 Å². The van der Waals surface area contributed by atoms with E-state index in [1.54, 1.807) is 12.1 Å². The maximum Gasteiger partial charge on any atom is 0.193 e. The summed E-state index contributed by atoms with van der Waals surface area (Å²) in [6.07, 6.45) is 0. The van der Waals surface area contributed by atoms with E-state index in [4.69, 9.17) is 4.74 Å². The summed E-state index contributed by atoms with van der Waals surface area (Å²) in [4.78, 5) is 12.1. The molecule has 2 rings (SSSR count). The van der Waals surface area contributed by atoms with Gasteiger partial charge in [0.1, 0.15) is 5.75 Å². The van der Waals surface area contributed by atoms with Gasteiger partial charge in [0, 0.05) is 16.5 Å². The van der Waals surface area contributed by atoms with E-state index in [0.29, 0.717) is 17.7 Å². The van der Waals surface area contributed by atoms with Crippen LogP contribution in [0.5, 0.6) is 5.75 Å². The summed E-state index contributed by atoms with van der Waals surface area (Å²) in [6.45, 7) is 0.617. The molecule has 18 heavy (non-hydrogen) atoms. The number of halogens is 1. The predicted octanol–water partition coefficient (Wildman–Crippen LogP) is 3.69. The Hall–Kier alpha value is -1.61. The maximum atomic E-state index is 12.1. The van der Waals surface area contributed by atoms with Crippen molar-refractivity contribution in [3.63, 3.8) is 0 Å². The van der Waals surface area contributed by atoms with Gasteiger partial charge in [-0.1, -0.05) is 46.3 Å². The van der Waals surface area contributed by atoms with E-state index < -0.39 is 0 Å². The van der Waals surface area contributed by atoms with Crippen LogP contribution in [0.4, 0.5) is 0 Å². The van der Waals surface area contributed by atoms with Crippen LogP contribution in [0.25, 0.3) is 0 Å². The molecule has 0 spiro atoms. The summed E-state index contributed by atoms with van der Waals surface area (Å²) < 4.78 is 5.44. The first-order chi connectivity index (χ1) is 8.81. The molecule has 0 unspecified atom stereocenters. The number of carbonyl (C=O) groups excluding carboxylic acids is 1. The van der Waals surface area contributed by atoms with Crippen molar-refractivity contribution < 1.29 is 9.53 Å². The predicted molar refractivity (Wildman–Crippen MR) is 75.6 cm³/mol. The number of hydrogen-bond donors (Lipinski definition) is 0. The van der Waals surface area contributed by atoms with Gasteiger partial charge in [-0.3, -0.25) is 4.79 Å². The summed E-state index contributed by atoms with van der Waals surface area (Å²) in [5.74, 6) is 0.807. The fourth-order valence-corrected chi connectivity index (χ4v) is 1.78. The van der Waals surface area contributed by atoms with Crippen LogP contribution in [0.2, 0.25) is 0 Å². The van der Waals surface area contributed by atoms with E-state index in [-0.39, 0.29) is 5.78 Å². The van der Waals surface area contributed by atoms with Gasteiger partial charge in [0.2, 0.25) is 0 Å². The van der Waals surface area contributed by atoms with Crippen molar-refractivity contribution in [1.82, 2.24) is 0 Å². The summed E-state index contributed by atoms with van der Waals surface area (Å²) in [7, 11) is 0. The molecule has 0 heterocycles. The second-order valence-corrected chi connectivity index (χ2v) is 4.55. The van der Waals surface area contributed by atoms with Gasteiger partial charge in [-0.25, -0.2) is 0 Å². The summed E-state index contributed by atoms with van der Waals surface area (Å²) in [6, 6.07) is 16.5. The van der Waals surface area contributed by atoms with Crippen LogP contribution in [-0.2, 0) is 0 Å². The highest BCUT2D eigenvalue weighted by atomic mass is 79.9. The molecule has 0 atom stereocenters. The summed E-state index contributed by atoms with van der Waals surface area (Å²) >= 11 is 3.30. The van der Waals surface area contributed by atoms with Gasteiger partial charge < -0.3 is 4.74 Å². The molecule has 3 heteroatoms. The molecule has 2 nitrogen and oxygen atoms in total. The largest absolute Gasteiger partial charge is 0.493 e. The molecular formula is C15H13BrO2. The zero-order chi connectivity index (χ0) is 12.8. The monoisotopic (exact) mass is 304 g/mol. The second kappa shape index (κ2) is 6.36. The van der Waals surface area contributed by atoms with Crippen LogP contribution in [0.1, 0.15) is 15.9 Å². The Balaban J connectivity index is 2.12. The topological polar surface area (TPSA) is 26.3 Å². The van der Waals surface area contributed by atoms with Crippen molar-refractivity contribution in [2.45, 2.75) is 0 Å². The molecule has 2 aromatic carbocycles. The van der Waals surface area contributed by atoms with E-state index in [9.17, 15) is 4.79 Å². The molecule has 0 saturated carbocycles. The van der Waals surface area contributed by atoms with Gasteiger partial charge in [0.25, 0.3) is 0 Å². The molecule has 92 valence electrons. The molecule has 2 aromatic rings. The first kappa shape index (κ1) is 12.8. The third kappa shape index (κ3) is 3.20. The first-order valence-electron chi connectivity index (χ1n) is 5.70. The Kier molecular flexibility index (Phi) is 4.53. The van der Waals surface area contributed by atoms with Crippen molar-refractivity contribution in [1.29, 1.82) is 0 Å². The van der Waals surface area contributed by atoms with E-state index in [1.165, 1.54) is 0 Å². The molecule has 0 aliphatic rings. The van der Waals surface area contributed by atoms with E-state index in [0.717, 1.165) is 11.1 Å². The number of rotatable bonds is 5. The molecule has 0 saturated heterocycles. The smallest absolute Gasteiger partial charge is 0.193 e.